The third-order valence-corrected chi connectivity index (χ3v) is 6.33. The summed E-state index contributed by atoms with van der Waals surface area (Å²) in [5, 5.41) is 6.04. The fraction of sp³-hybridized carbons (Fsp3) is 0.286. The van der Waals surface area contributed by atoms with Crippen LogP contribution in [0.2, 0.25) is 0 Å². The minimum atomic E-state index is -0.358. The average molecular weight is 475 g/mol. The van der Waals surface area contributed by atoms with E-state index in [1.807, 2.05) is 55.5 Å². The van der Waals surface area contributed by atoms with Crippen LogP contribution in [0.25, 0.3) is 0 Å². The van der Waals surface area contributed by atoms with Crippen molar-refractivity contribution >= 4 is 11.9 Å². The number of piperazine rings is 1. The monoisotopic (exact) mass is 474 g/mol. The number of hydrogen-bond donors (Lipinski definition) is 2. The van der Waals surface area contributed by atoms with E-state index in [1.165, 1.54) is 24.3 Å². The SMILES string of the molecule is CCNC(=O)NC(c1ccccc1)C(c1ccccc1)N1CCN(C(=O)c2ccc(F)cc2)CC1. The van der Waals surface area contributed by atoms with Gasteiger partial charge in [-0.1, -0.05) is 60.7 Å². The highest BCUT2D eigenvalue weighted by molar-refractivity contribution is 5.94. The summed E-state index contributed by atoms with van der Waals surface area (Å²) in [5.41, 5.74) is 2.59. The topological polar surface area (TPSA) is 64.7 Å². The molecule has 6 nitrogen and oxygen atoms in total. The summed E-state index contributed by atoms with van der Waals surface area (Å²) in [7, 11) is 0. The predicted octanol–water partition coefficient (Wildman–Crippen LogP) is 4.39. The zero-order valence-corrected chi connectivity index (χ0v) is 19.9. The largest absolute Gasteiger partial charge is 0.338 e. The Morgan fingerprint density at radius 2 is 1.40 bits per heavy atom. The Morgan fingerprint density at radius 1 is 0.829 bits per heavy atom. The third-order valence-electron chi connectivity index (χ3n) is 6.33. The number of carbonyl (C=O) groups excluding carboxylic acids is 2. The smallest absolute Gasteiger partial charge is 0.315 e. The summed E-state index contributed by atoms with van der Waals surface area (Å²) in [4.78, 5) is 29.7. The van der Waals surface area contributed by atoms with Gasteiger partial charge in [0.05, 0.1) is 12.1 Å². The molecule has 2 N–H and O–H groups in total. The van der Waals surface area contributed by atoms with Crippen molar-refractivity contribution in [2.75, 3.05) is 32.7 Å². The molecule has 0 radical (unpaired) electrons. The number of halogens is 1. The number of nitrogens with one attached hydrogen (secondary N) is 2. The number of amides is 3. The van der Waals surface area contributed by atoms with Crippen LogP contribution >= 0.6 is 0 Å². The maximum absolute atomic E-state index is 13.3. The molecular weight excluding hydrogens is 443 g/mol. The van der Waals surface area contributed by atoms with Gasteiger partial charge >= 0.3 is 6.03 Å². The molecule has 3 aromatic carbocycles. The van der Waals surface area contributed by atoms with Crippen molar-refractivity contribution in [1.82, 2.24) is 20.4 Å². The molecule has 0 aliphatic carbocycles. The lowest BCUT2D eigenvalue weighted by molar-refractivity contribution is 0.0523. The summed E-state index contributed by atoms with van der Waals surface area (Å²) in [5.74, 6) is -0.454. The molecule has 4 rings (SSSR count). The first-order chi connectivity index (χ1) is 17.1. The van der Waals surface area contributed by atoms with E-state index in [0.717, 1.165) is 11.1 Å². The first-order valence-corrected chi connectivity index (χ1v) is 12.0. The number of hydrogen-bond acceptors (Lipinski definition) is 3. The highest BCUT2D eigenvalue weighted by Gasteiger charge is 2.34. The van der Waals surface area contributed by atoms with Gasteiger partial charge in [-0.3, -0.25) is 9.69 Å². The Bertz CT molecular complexity index is 1100. The minimum Gasteiger partial charge on any atom is -0.338 e. The first kappa shape index (κ1) is 24.4. The van der Waals surface area contributed by atoms with E-state index in [2.05, 4.69) is 27.7 Å². The summed E-state index contributed by atoms with van der Waals surface area (Å²) in [6.45, 7) is 4.81. The molecule has 3 aromatic rings. The van der Waals surface area contributed by atoms with E-state index in [1.54, 1.807) is 4.90 Å². The van der Waals surface area contributed by atoms with E-state index >= 15 is 0 Å². The van der Waals surface area contributed by atoms with E-state index in [0.29, 0.717) is 38.3 Å². The molecule has 1 aliphatic rings. The molecule has 35 heavy (non-hydrogen) atoms. The fourth-order valence-corrected chi connectivity index (χ4v) is 4.60. The van der Waals surface area contributed by atoms with Gasteiger partial charge in [-0.2, -0.15) is 0 Å². The minimum absolute atomic E-state index is 0.0963. The summed E-state index contributed by atoms with van der Waals surface area (Å²) >= 11 is 0. The summed E-state index contributed by atoms with van der Waals surface area (Å²) in [6, 6.07) is 25.2. The number of rotatable bonds is 7. The lowest BCUT2D eigenvalue weighted by Gasteiger charge is -2.43. The van der Waals surface area contributed by atoms with E-state index in [9.17, 15) is 14.0 Å². The molecule has 0 aromatic heterocycles. The van der Waals surface area contributed by atoms with Gasteiger partial charge in [0.15, 0.2) is 0 Å². The van der Waals surface area contributed by atoms with Gasteiger partial charge < -0.3 is 15.5 Å². The van der Waals surface area contributed by atoms with Gasteiger partial charge in [-0.05, 0) is 42.3 Å². The van der Waals surface area contributed by atoms with Crippen molar-refractivity contribution < 1.29 is 14.0 Å². The van der Waals surface area contributed by atoms with E-state index in [4.69, 9.17) is 0 Å². The van der Waals surface area contributed by atoms with Crippen LogP contribution in [0.1, 0.15) is 40.5 Å². The van der Waals surface area contributed by atoms with Gasteiger partial charge in [0.25, 0.3) is 5.91 Å². The van der Waals surface area contributed by atoms with Crippen LogP contribution in [-0.2, 0) is 0 Å². The summed E-state index contributed by atoms with van der Waals surface area (Å²) < 4.78 is 13.3. The van der Waals surface area contributed by atoms with Crippen molar-refractivity contribution in [3.05, 3.63) is 107 Å². The molecular formula is C28H31FN4O2. The maximum atomic E-state index is 13.3. The van der Waals surface area contributed by atoms with Crippen LogP contribution in [0.5, 0.6) is 0 Å². The van der Waals surface area contributed by atoms with Gasteiger partial charge in [0.2, 0.25) is 0 Å². The Balaban J connectivity index is 1.58. The molecule has 1 fully saturated rings. The lowest BCUT2D eigenvalue weighted by atomic mass is 9.91. The second kappa shape index (κ2) is 11.6. The van der Waals surface area contributed by atoms with Gasteiger partial charge in [-0.25, -0.2) is 9.18 Å². The molecule has 1 saturated heterocycles. The van der Waals surface area contributed by atoms with Crippen molar-refractivity contribution in [3.63, 3.8) is 0 Å². The molecule has 3 amide bonds. The molecule has 1 heterocycles. The molecule has 2 atom stereocenters. The Hall–Kier alpha value is -3.71. The van der Waals surface area contributed by atoms with E-state index in [-0.39, 0.29) is 29.8 Å². The number of urea groups is 1. The molecule has 2 unspecified atom stereocenters. The molecule has 7 heteroatoms. The van der Waals surface area contributed by atoms with E-state index < -0.39 is 0 Å². The number of benzene rings is 3. The quantitative estimate of drug-likeness (QED) is 0.534. The van der Waals surface area contributed by atoms with Crippen LogP contribution < -0.4 is 10.6 Å². The van der Waals surface area contributed by atoms with Crippen LogP contribution in [0.3, 0.4) is 0 Å². The van der Waals surface area contributed by atoms with Crippen molar-refractivity contribution in [2.24, 2.45) is 0 Å². The van der Waals surface area contributed by atoms with Crippen LogP contribution in [-0.4, -0.2) is 54.5 Å². The third kappa shape index (κ3) is 6.05. The van der Waals surface area contributed by atoms with Crippen molar-refractivity contribution in [1.29, 1.82) is 0 Å². The molecule has 1 aliphatic heterocycles. The second-order valence-electron chi connectivity index (χ2n) is 8.58. The van der Waals surface area contributed by atoms with Crippen molar-refractivity contribution in [3.8, 4) is 0 Å². The highest BCUT2D eigenvalue weighted by atomic mass is 19.1. The van der Waals surface area contributed by atoms with Crippen molar-refractivity contribution in [2.45, 2.75) is 19.0 Å². The predicted molar refractivity (Wildman–Crippen MR) is 134 cm³/mol. The number of carbonyl (C=O) groups is 2. The van der Waals surface area contributed by atoms with Crippen LogP contribution in [0, 0.1) is 5.82 Å². The Kier molecular flexibility index (Phi) is 8.11. The first-order valence-electron chi connectivity index (χ1n) is 12.0. The van der Waals surface area contributed by atoms with Gasteiger partial charge in [0, 0.05) is 38.3 Å². The molecule has 0 saturated carbocycles. The summed E-state index contributed by atoms with van der Waals surface area (Å²) in [6.07, 6.45) is 0. The van der Waals surface area contributed by atoms with Gasteiger partial charge in [0.1, 0.15) is 5.82 Å². The fourth-order valence-electron chi connectivity index (χ4n) is 4.60. The standard InChI is InChI=1S/C28H31FN4O2/c1-2-30-28(35)31-25(21-9-5-3-6-10-21)26(22-11-7-4-8-12-22)32-17-19-33(20-18-32)27(34)23-13-15-24(29)16-14-23/h3-16,25-26H,2,17-20H2,1H3,(H2,30,31,35). The molecule has 0 bridgehead atoms. The number of nitrogens with zero attached hydrogens (tertiary/aromatic N) is 2. The zero-order chi connectivity index (χ0) is 24.6. The lowest BCUT2D eigenvalue weighted by Crippen LogP contribution is -2.52. The van der Waals surface area contributed by atoms with Gasteiger partial charge in [-0.15, -0.1) is 0 Å². The highest BCUT2D eigenvalue weighted by Crippen LogP contribution is 2.35. The Morgan fingerprint density at radius 3 is 1.97 bits per heavy atom. The zero-order valence-electron chi connectivity index (χ0n) is 19.9. The molecule has 0 spiro atoms. The normalized spacial score (nSPS) is 15.8. The van der Waals surface area contributed by atoms with Crippen LogP contribution in [0.15, 0.2) is 84.9 Å². The Labute approximate surface area is 205 Å². The maximum Gasteiger partial charge on any atom is 0.315 e. The molecule has 182 valence electrons. The average Bonchev–Trinajstić information content (AvgIpc) is 2.90. The van der Waals surface area contributed by atoms with Crippen LogP contribution in [0.4, 0.5) is 9.18 Å². The second-order valence-corrected chi connectivity index (χ2v) is 8.58.